The highest BCUT2D eigenvalue weighted by molar-refractivity contribution is 6.38. The summed E-state index contributed by atoms with van der Waals surface area (Å²) in [6, 6.07) is 3.33. The average molecular weight is 288 g/mol. The lowest BCUT2D eigenvalue weighted by atomic mass is 10.1. The van der Waals surface area contributed by atoms with Crippen molar-refractivity contribution in [1.29, 1.82) is 0 Å². The fraction of sp³-hybridized carbons (Fsp3) is 0.417. The number of ether oxygens (including phenoxy) is 2. The van der Waals surface area contributed by atoms with E-state index < -0.39 is 5.79 Å². The fourth-order valence-electron chi connectivity index (χ4n) is 2.49. The normalized spacial score (nSPS) is 20.8. The van der Waals surface area contributed by atoms with Gasteiger partial charge in [-0.25, -0.2) is 0 Å². The van der Waals surface area contributed by atoms with Crippen LogP contribution in [0.2, 0.25) is 10.0 Å². The summed E-state index contributed by atoms with van der Waals surface area (Å²) in [4.78, 5) is 14.0. The summed E-state index contributed by atoms with van der Waals surface area (Å²) >= 11 is 12.4. The molecule has 0 bridgehead atoms. The number of carbonyl (C=O) groups excluding carboxylic acids is 1. The van der Waals surface area contributed by atoms with Crippen LogP contribution in [0.15, 0.2) is 12.1 Å². The molecule has 2 aliphatic rings. The van der Waals surface area contributed by atoms with Crippen molar-refractivity contribution in [3.8, 4) is 0 Å². The van der Waals surface area contributed by atoms with Crippen LogP contribution in [0.25, 0.3) is 0 Å². The second-order valence-corrected chi connectivity index (χ2v) is 4.93. The fourth-order valence-corrected chi connectivity index (χ4v) is 3.02. The molecule has 96 valence electrons. The van der Waals surface area contributed by atoms with E-state index in [0.717, 1.165) is 0 Å². The van der Waals surface area contributed by atoms with Crippen molar-refractivity contribution in [1.82, 2.24) is 0 Å². The molecule has 0 saturated carbocycles. The van der Waals surface area contributed by atoms with E-state index in [1.165, 1.54) is 0 Å². The molecule has 1 spiro atoms. The Labute approximate surface area is 114 Å². The molecule has 3 rings (SSSR count). The highest BCUT2D eigenvalue weighted by atomic mass is 35.5. The van der Waals surface area contributed by atoms with Crippen LogP contribution in [-0.2, 0) is 20.1 Å². The average Bonchev–Trinajstić information content (AvgIpc) is 2.92. The molecule has 0 atom stereocenters. The Kier molecular flexibility index (Phi) is 2.79. The molecule has 0 unspecified atom stereocenters. The van der Waals surface area contributed by atoms with Gasteiger partial charge < -0.3 is 14.4 Å². The predicted molar refractivity (Wildman–Crippen MR) is 68.1 cm³/mol. The molecular weight excluding hydrogens is 277 g/mol. The van der Waals surface area contributed by atoms with Crippen molar-refractivity contribution >= 4 is 34.8 Å². The van der Waals surface area contributed by atoms with E-state index in [1.807, 2.05) is 6.92 Å². The van der Waals surface area contributed by atoms with Gasteiger partial charge in [-0.15, -0.1) is 0 Å². The first-order chi connectivity index (χ1) is 8.62. The van der Waals surface area contributed by atoms with Crippen molar-refractivity contribution in [3.05, 3.63) is 27.7 Å². The molecule has 0 radical (unpaired) electrons. The second kappa shape index (κ2) is 4.10. The number of likely N-dealkylation sites (N-methyl/N-ethyl adjacent to an activating group) is 1. The third-order valence-electron chi connectivity index (χ3n) is 3.21. The Balaban J connectivity index is 2.30. The molecule has 1 aromatic rings. The Morgan fingerprint density at radius 2 is 1.89 bits per heavy atom. The summed E-state index contributed by atoms with van der Waals surface area (Å²) < 4.78 is 11.1. The first-order valence-corrected chi connectivity index (χ1v) is 6.45. The van der Waals surface area contributed by atoms with Crippen molar-refractivity contribution in [2.24, 2.45) is 0 Å². The Bertz CT molecular complexity index is 526. The largest absolute Gasteiger partial charge is 0.336 e. The minimum Gasteiger partial charge on any atom is -0.336 e. The molecule has 0 N–H and O–H groups in total. The minimum atomic E-state index is -1.40. The molecule has 1 saturated heterocycles. The maximum Gasteiger partial charge on any atom is 0.292 e. The molecule has 1 amide bonds. The number of benzene rings is 1. The molecule has 1 aromatic carbocycles. The predicted octanol–water partition coefficient (Wildman–Crippen LogP) is 2.56. The van der Waals surface area contributed by atoms with Crippen LogP contribution < -0.4 is 4.90 Å². The third-order valence-corrected chi connectivity index (χ3v) is 3.83. The van der Waals surface area contributed by atoms with E-state index in [2.05, 4.69) is 0 Å². The number of carbonyl (C=O) groups is 1. The highest BCUT2D eigenvalue weighted by Gasteiger charge is 2.57. The summed E-state index contributed by atoms with van der Waals surface area (Å²) in [5, 5.41) is 0.904. The lowest BCUT2D eigenvalue weighted by Crippen LogP contribution is -2.41. The monoisotopic (exact) mass is 287 g/mol. The summed E-state index contributed by atoms with van der Waals surface area (Å²) in [5.41, 5.74) is 1.12. The number of fused-ring (bicyclic) bond motifs is 2. The standard InChI is InChI=1S/C12H11Cl2NO3/c1-2-15-10-8(14)4-3-7(13)9(10)12(11(15)16)17-5-6-18-12/h3-4H,2,5-6H2,1H3. The first-order valence-electron chi connectivity index (χ1n) is 5.70. The Hall–Kier alpha value is -0.810. The molecule has 1 fully saturated rings. The van der Waals surface area contributed by atoms with E-state index in [0.29, 0.717) is 41.1 Å². The van der Waals surface area contributed by atoms with Crippen LogP contribution in [0.1, 0.15) is 12.5 Å². The molecule has 0 aromatic heterocycles. The summed E-state index contributed by atoms with van der Waals surface area (Å²) in [7, 11) is 0. The SMILES string of the molecule is CCN1C(=O)C2(OCCO2)c2c(Cl)ccc(Cl)c21. The number of amides is 1. The van der Waals surface area contributed by atoms with Crippen molar-refractivity contribution in [2.75, 3.05) is 24.7 Å². The number of hydrogen-bond acceptors (Lipinski definition) is 3. The number of nitrogens with zero attached hydrogens (tertiary/aromatic N) is 1. The van der Waals surface area contributed by atoms with Gasteiger partial charge in [0.2, 0.25) is 0 Å². The van der Waals surface area contributed by atoms with Gasteiger partial charge in [0.1, 0.15) is 0 Å². The topological polar surface area (TPSA) is 38.8 Å². The van der Waals surface area contributed by atoms with Gasteiger partial charge in [-0.2, -0.15) is 0 Å². The van der Waals surface area contributed by atoms with Crippen LogP contribution in [0, 0.1) is 0 Å². The number of rotatable bonds is 1. The van der Waals surface area contributed by atoms with Crippen molar-refractivity contribution in [2.45, 2.75) is 12.7 Å². The van der Waals surface area contributed by atoms with Gasteiger partial charge in [-0.3, -0.25) is 4.79 Å². The highest BCUT2D eigenvalue weighted by Crippen LogP contribution is 2.51. The Morgan fingerprint density at radius 1 is 1.28 bits per heavy atom. The van der Waals surface area contributed by atoms with E-state index in [1.54, 1.807) is 17.0 Å². The quantitative estimate of drug-likeness (QED) is 0.797. The molecule has 4 nitrogen and oxygen atoms in total. The molecular formula is C12H11Cl2NO3. The van der Waals surface area contributed by atoms with Gasteiger partial charge >= 0.3 is 0 Å². The second-order valence-electron chi connectivity index (χ2n) is 4.12. The molecule has 18 heavy (non-hydrogen) atoms. The number of halogens is 2. The first kappa shape index (κ1) is 12.2. The van der Waals surface area contributed by atoms with Gasteiger partial charge in [0.15, 0.2) is 0 Å². The van der Waals surface area contributed by atoms with E-state index in [9.17, 15) is 4.79 Å². The van der Waals surface area contributed by atoms with Crippen molar-refractivity contribution in [3.63, 3.8) is 0 Å². The number of hydrogen-bond donors (Lipinski definition) is 0. The van der Waals surface area contributed by atoms with Crippen molar-refractivity contribution < 1.29 is 14.3 Å². The zero-order chi connectivity index (χ0) is 12.9. The maximum absolute atomic E-state index is 12.5. The van der Waals surface area contributed by atoms with Crippen LogP contribution in [0.3, 0.4) is 0 Å². The molecule has 6 heteroatoms. The summed E-state index contributed by atoms with van der Waals surface area (Å²) in [6.45, 7) is 3.09. The van der Waals surface area contributed by atoms with Crippen LogP contribution in [0.5, 0.6) is 0 Å². The molecule has 2 heterocycles. The molecule has 0 aliphatic carbocycles. The Morgan fingerprint density at radius 3 is 2.50 bits per heavy atom. The lowest BCUT2D eigenvalue weighted by Gasteiger charge is -2.21. The number of anilines is 1. The zero-order valence-corrected chi connectivity index (χ0v) is 11.2. The molecule has 2 aliphatic heterocycles. The third kappa shape index (κ3) is 1.37. The minimum absolute atomic E-state index is 0.257. The van der Waals surface area contributed by atoms with Gasteiger partial charge in [0.25, 0.3) is 11.7 Å². The van der Waals surface area contributed by atoms with Crippen LogP contribution in [-0.4, -0.2) is 25.7 Å². The zero-order valence-electron chi connectivity index (χ0n) is 9.70. The summed E-state index contributed by atoms with van der Waals surface area (Å²) in [5.74, 6) is -1.65. The smallest absolute Gasteiger partial charge is 0.292 e. The summed E-state index contributed by atoms with van der Waals surface area (Å²) in [6.07, 6.45) is 0. The van der Waals surface area contributed by atoms with Gasteiger partial charge in [-0.05, 0) is 19.1 Å². The lowest BCUT2D eigenvalue weighted by molar-refractivity contribution is -0.180. The van der Waals surface area contributed by atoms with E-state index >= 15 is 0 Å². The van der Waals surface area contributed by atoms with Crippen LogP contribution >= 0.6 is 23.2 Å². The van der Waals surface area contributed by atoms with Gasteiger partial charge in [-0.1, -0.05) is 23.2 Å². The van der Waals surface area contributed by atoms with E-state index in [4.69, 9.17) is 32.7 Å². The van der Waals surface area contributed by atoms with Crippen LogP contribution in [0.4, 0.5) is 5.69 Å². The van der Waals surface area contributed by atoms with Gasteiger partial charge in [0, 0.05) is 6.54 Å². The van der Waals surface area contributed by atoms with Gasteiger partial charge in [0.05, 0.1) is 34.5 Å². The maximum atomic E-state index is 12.5. The van der Waals surface area contributed by atoms with E-state index in [-0.39, 0.29) is 5.91 Å².